The van der Waals surface area contributed by atoms with Gasteiger partial charge in [-0.15, -0.1) is 11.3 Å². The van der Waals surface area contributed by atoms with Crippen LogP contribution in [0.15, 0.2) is 41.9 Å². The summed E-state index contributed by atoms with van der Waals surface area (Å²) >= 11 is 1.54. The van der Waals surface area contributed by atoms with Crippen LogP contribution in [0, 0.1) is 0 Å². The lowest BCUT2D eigenvalue weighted by Gasteiger charge is -1.99. The van der Waals surface area contributed by atoms with Gasteiger partial charge in [-0.2, -0.15) is 0 Å². The van der Waals surface area contributed by atoms with Crippen LogP contribution in [0.3, 0.4) is 0 Å². The minimum Gasteiger partial charge on any atom is -0.350 e. The van der Waals surface area contributed by atoms with E-state index in [4.69, 9.17) is 0 Å². The third-order valence-electron chi connectivity index (χ3n) is 3.48. The number of hydrogen-bond acceptors (Lipinski definition) is 2. The molecule has 19 heavy (non-hydrogen) atoms. The maximum atomic E-state index is 12.7. The highest BCUT2D eigenvalue weighted by molar-refractivity contribution is 7.12. The van der Waals surface area contributed by atoms with Crippen molar-refractivity contribution in [1.82, 2.24) is 4.57 Å². The first-order valence-corrected chi connectivity index (χ1v) is 7.25. The molecule has 0 atom stereocenters. The van der Waals surface area contributed by atoms with Crippen molar-refractivity contribution in [2.75, 3.05) is 0 Å². The van der Waals surface area contributed by atoms with Gasteiger partial charge < -0.3 is 4.57 Å². The Balaban J connectivity index is 2.17. The molecule has 0 spiro atoms. The summed E-state index contributed by atoms with van der Waals surface area (Å²) < 4.78 is 2.02. The molecule has 0 fully saturated rings. The zero-order valence-corrected chi connectivity index (χ0v) is 11.8. The molecule has 96 valence electrons. The van der Waals surface area contributed by atoms with Gasteiger partial charge in [-0.25, -0.2) is 0 Å². The van der Waals surface area contributed by atoms with Crippen LogP contribution in [0.5, 0.6) is 0 Å². The maximum absolute atomic E-state index is 12.7. The van der Waals surface area contributed by atoms with Crippen molar-refractivity contribution < 1.29 is 4.79 Å². The average molecular weight is 269 g/mol. The number of aryl methyl sites for hydroxylation is 2. The van der Waals surface area contributed by atoms with E-state index in [1.165, 1.54) is 11.3 Å². The molecule has 0 aliphatic carbocycles. The first-order valence-electron chi connectivity index (χ1n) is 6.37. The molecule has 2 nitrogen and oxygen atoms in total. The van der Waals surface area contributed by atoms with Crippen LogP contribution in [0.2, 0.25) is 0 Å². The van der Waals surface area contributed by atoms with E-state index in [-0.39, 0.29) is 5.78 Å². The SMILES string of the molecule is CCc1ccsc1C(=O)c1cn(C)c2ccccc12. The molecule has 2 aromatic heterocycles. The molecule has 0 N–H and O–H groups in total. The average Bonchev–Trinajstić information content (AvgIpc) is 3.03. The fraction of sp³-hybridized carbons (Fsp3) is 0.188. The number of nitrogens with zero attached hydrogens (tertiary/aromatic N) is 1. The van der Waals surface area contributed by atoms with Crippen molar-refractivity contribution in [3.05, 3.63) is 57.9 Å². The molecular weight excluding hydrogens is 254 g/mol. The van der Waals surface area contributed by atoms with Crippen LogP contribution in [0.1, 0.15) is 27.7 Å². The summed E-state index contributed by atoms with van der Waals surface area (Å²) in [4.78, 5) is 13.6. The Labute approximate surface area is 116 Å². The van der Waals surface area contributed by atoms with Gasteiger partial charge >= 0.3 is 0 Å². The Morgan fingerprint density at radius 2 is 2.05 bits per heavy atom. The van der Waals surface area contributed by atoms with E-state index in [1.54, 1.807) is 0 Å². The summed E-state index contributed by atoms with van der Waals surface area (Å²) in [7, 11) is 1.98. The van der Waals surface area contributed by atoms with Crippen LogP contribution >= 0.6 is 11.3 Å². The van der Waals surface area contributed by atoms with Crippen molar-refractivity contribution in [3.63, 3.8) is 0 Å². The van der Waals surface area contributed by atoms with Gasteiger partial charge in [-0.3, -0.25) is 4.79 Å². The van der Waals surface area contributed by atoms with Crippen molar-refractivity contribution in [1.29, 1.82) is 0 Å². The molecule has 0 saturated heterocycles. The highest BCUT2D eigenvalue weighted by atomic mass is 32.1. The highest BCUT2D eigenvalue weighted by Gasteiger charge is 2.18. The zero-order chi connectivity index (χ0) is 13.4. The second-order valence-corrected chi connectivity index (χ2v) is 5.54. The van der Waals surface area contributed by atoms with Crippen molar-refractivity contribution >= 4 is 28.0 Å². The molecule has 3 rings (SSSR count). The van der Waals surface area contributed by atoms with Crippen LogP contribution in [0.4, 0.5) is 0 Å². The molecule has 1 aromatic carbocycles. The molecule has 0 aliphatic rings. The van der Waals surface area contributed by atoms with Crippen LogP contribution < -0.4 is 0 Å². The molecule has 0 bridgehead atoms. The zero-order valence-electron chi connectivity index (χ0n) is 11.0. The summed E-state index contributed by atoms with van der Waals surface area (Å²) in [6.45, 7) is 2.09. The van der Waals surface area contributed by atoms with E-state index in [2.05, 4.69) is 6.92 Å². The van der Waals surface area contributed by atoms with Gasteiger partial charge in [-0.05, 0) is 29.5 Å². The summed E-state index contributed by atoms with van der Waals surface area (Å²) in [5.74, 6) is 0.142. The predicted molar refractivity (Wildman–Crippen MR) is 80.0 cm³/mol. The number of benzene rings is 1. The summed E-state index contributed by atoms with van der Waals surface area (Å²) in [6, 6.07) is 10.1. The first kappa shape index (κ1) is 12.2. The second-order valence-electron chi connectivity index (χ2n) is 4.63. The van der Waals surface area contributed by atoms with Gasteiger partial charge in [0, 0.05) is 29.7 Å². The van der Waals surface area contributed by atoms with E-state index in [1.807, 2.05) is 53.5 Å². The third-order valence-corrected chi connectivity index (χ3v) is 4.43. The molecule has 0 saturated carbocycles. The van der Waals surface area contributed by atoms with Gasteiger partial charge in [0.05, 0.1) is 4.88 Å². The van der Waals surface area contributed by atoms with Gasteiger partial charge in [0.25, 0.3) is 0 Å². The lowest BCUT2D eigenvalue weighted by molar-refractivity contribution is 0.104. The van der Waals surface area contributed by atoms with E-state index in [0.717, 1.165) is 33.3 Å². The van der Waals surface area contributed by atoms with Gasteiger partial charge in [0.15, 0.2) is 0 Å². The Hall–Kier alpha value is -1.87. The van der Waals surface area contributed by atoms with E-state index in [9.17, 15) is 4.79 Å². The van der Waals surface area contributed by atoms with Crippen molar-refractivity contribution in [2.24, 2.45) is 7.05 Å². The van der Waals surface area contributed by atoms with Gasteiger partial charge in [-0.1, -0.05) is 25.1 Å². The normalized spacial score (nSPS) is 11.1. The number of rotatable bonds is 3. The Morgan fingerprint density at radius 1 is 1.26 bits per heavy atom. The van der Waals surface area contributed by atoms with Crippen LogP contribution in [-0.4, -0.2) is 10.4 Å². The largest absolute Gasteiger partial charge is 0.350 e. The van der Waals surface area contributed by atoms with Gasteiger partial charge in [0.2, 0.25) is 5.78 Å². The predicted octanol–water partition coefficient (Wildman–Crippen LogP) is 4.03. The Morgan fingerprint density at radius 3 is 2.84 bits per heavy atom. The Bertz CT molecular complexity index is 751. The minimum atomic E-state index is 0.142. The van der Waals surface area contributed by atoms with Crippen molar-refractivity contribution in [3.8, 4) is 0 Å². The summed E-state index contributed by atoms with van der Waals surface area (Å²) in [6.07, 6.45) is 2.83. The number of para-hydroxylation sites is 1. The third kappa shape index (κ3) is 1.90. The number of carbonyl (C=O) groups is 1. The molecule has 0 unspecified atom stereocenters. The fourth-order valence-corrected chi connectivity index (χ4v) is 3.41. The monoisotopic (exact) mass is 269 g/mol. The maximum Gasteiger partial charge on any atom is 0.205 e. The lowest BCUT2D eigenvalue weighted by atomic mass is 10.1. The van der Waals surface area contributed by atoms with E-state index in [0.29, 0.717) is 0 Å². The standard InChI is InChI=1S/C16H15NOS/c1-3-11-8-9-19-16(11)15(18)13-10-17(2)14-7-5-4-6-12(13)14/h4-10H,3H2,1-2H3. The molecule has 0 aliphatic heterocycles. The molecule has 3 aromatic rings. The number of carbonyl (C=O) groups excluding carboxylic acids is 1. The molecule has 3 heteroatoms. The lowest BCUT2D eigenvalue weighted by Crippen LogP contribution is -2.00. The number of fused-ring (bicyclic) bond motifs is 1. The van der Waals surface area contributed by atoms with Crippen molar-refractivity contribution in [2.45, 2.75) is 13.3 Å². The number of thiophene rings is 1. The molecule has 2 heterocycles. The van der Waals surface area contributed by atoms with Gasteiger partial charge in [0.1, 0.15) is 0 Å². The quantitative estimate of drug-likeness (QED) is 0.658. The number of hydrogen-bond donors (Lipinski definition) is 0. The topological polar surface area (TPSA) is 22.0 Å². The Kier molecular flexibility index (Phi) is 2.99. The number of aromatic nitrogens is 1. The van der Waals surface area contributed by atoms with Crippen LogP contribution in [0.25, 0.3) is 10.9 Å². The smallest absolute Gasteiger partial charge is 0.205 e. The summed E-state index contributed by atoms with van der Waals surface area (Å²) in [5, 5.41) is 3.03. The second kappa shape index (κ2) is 4.67. The molecule has 0 amide bonds. The van der Waals surface area contributed by atoms with Crippen LogP contribution in [-0.2, 0) is 13.5 Å². The highest BCUT2D eigenvalue weighted by Crippen LogP contribution is 2.27. The molecular formula is C16H15NOS. The minimum absolute atomic E-state index is 0.142. The molecule has 0 radical (unpaired) electrons. The number of ketones is 1. The van der Waals surface area contributed by atoms with E-state index < -0.39 is 0 Å². The summed E-state index contributed by atoms with van der Waals surface area (Å²) in [5.41, 5.74) is 3.04. The fourth-order valence-electron chi connectivity index (χ4n) is 2.46. The van der Waals surface area contributed by atoms with E-state index >= 15 is 0 Å². The first-order chi connectivity index (χ1) is 9.22.